The van der Waals surface area contributed by atoms with Gasteiger partial charge in [0.25, 0.3) is 0 Å². The second kappa shape index (κ2) is 5.28. The SMILES string of the molecule is O=C(Nc1cccc(Cl)c1N1CCCC1)C(F)(F)F. The number of amides is 1. The van der Waals surface area contributed by atoms with Crippen LogP contribution >= 0.6 is 11.6 Å². The van der Waals surface area contributed by atoms with E-state index in [9.17, 15) is 18.0 Å². The van der Waals surface area contributed by atoms with Crippen LogP contribution in [0.2, 0.25) is 5.02 Å². The molecular weight excluding hydrogens is 281 g/mol. The fraction of sp³-hybridized carbons (Fsp3) is 0.417. The molecule has 104 valence electrons. The van der Waals surface area contributed by atoms with Crippen molar-refractivity contribution < 1.29 is 18.0 Å². The van der Waals surface area contributed by atoms with Crippen LogP contribution in [0.1, 0.15) is 12.8 Å². The molecule has 1 aliphatic rings. The summed E-state index contributed by atoms with van der Waals surface area (Å²) in [6.07, 6.45) is -3.00. The van der Waals surface area contributed by atoms with Gasteiger partial charge in [0.2, 0.25) is 0 Å². The van der Waals surface area contributed by atoms with Gasteiger partial charge in [0.1, 0.15) is 0 Å². The van der Waals surface area contributed by atoms with Crippen LogP contribution in [0.5, 0.6) is 0 Å². The maximum absolute atomic E-state index is 12.3. The molecule has 0 bridgehead atoms. The maximum atomic E-state index is 12.3. The third-order valence-electron chi connectivity index (χ3n) is 2.91. The number of alkyl halides is 3. The van der Waals surface area contributed by atoms with E-state index in [-0.39, 0.29) is 5.69 Å². The van der Waals surface area contributed by atoms with Crippen molar-refractivity contribution in [1.29, 1.82) is 0 Å². The zero-order chi connectivity index (χ0) is 14.0. The number of nitrogens with zero attached hydrogens (tertiary/aromatic N) is 1. The lowest BCUT2D eigenvalue weighted by atomic mass is 10.2. The Hall–Kier alpha value is -1.43. The van der Waals surface area contributed by atoms with Crippen molar-refractivity contribution in [2.75, 3.05) is 23.3 Å². The zero-order valence-electron chi connectivity index (χ0n) is 9.93. The molecule has 3 nitrogen and oxygen atoms in total. The number of nitrogens with one attached hydrogen (secondary N) is 1. The molecule has 0 unspecified atom stereocenters. The van der Waals surface area contributed by atoms with Crippen LogP contribution in [0.3, 0.4) is 0 Å². The molecule has 1 fully saturated rings. The van der Waals surface area contributed by atoms with Gasteiger partial charge in [-0.25, -0.2) is 0 Å². The van der Waals surface area contributed by atoms with Gasteiger partial charge in [-0.1, -0.05) is 17.7 Å². The van der Waals surface area contributed by atoms with Crippen molar-refractivity contribution in [3.8, 4) is 0 Å². The Morgan fingerprint density at radius 1 is 1.26 bits per heavy atom. The summed E-state index contributed by atoms with van der Waals surface area (Å²) in [6.45, 7) is 1.44. The summed E-state index contributed by atoms with van der Waals surface area (Å²) >= 11 is 6.03. The third kappa shape index (κ3) is 3.12. The summed E-state index contributed by atoms with van der Waals surface area (Å²) in [6, 6.07) is 4.52. The topological polar surface area (TPSA) is 32.3 Å². The highest BCUT2D eigenvalue weighted by Gasteiger charge is 2.39. The minimum atomic E-state index is -4.91. The molecule has 19 heavy (non-hydrogen) atoms. The number of halogens is 4. The average molecular weight is 293 g/mol. The van der Waals surface area contributed by atoms with Gasteiger partial charge in [-0.05, 0) is 25.0 Å². The first kappa shape index (κ1) is 14.0. The molecule has 1 heterocycles. The summed E-state index contributed by atoms with van der Waals surface area (Å²) in [5.74, 6) is -1.99. The molecule has 0 aromatic heterocycles. The first-order valence-electron chi connectivity index (χ1n) is 5.81. The summed E-state index contributed by atoms with van der Waals surface area (Å²) in [4.78, 5) is 12.9. The smallest absolute Gasteiger partial charge is 0.369 e. The van der Waals surface area contributed by atoms with Gasteiger partial charge in [0.15, 0.2) is 0 Å². The molecule has 0 atom stereocenters. The molecule has 0 aliphatic carbocycles. The molecule has 1 saturated heterocycles. The Kier molecular flexibility index (Phi) is 3.89. The number of hydrogen-bond acceptors (Lipinski definition) is 2. The number of para-hydroxylation sites is 1. The van der Waals surface area contributed by atoms with Crippen LogP contribution in [0.25, 0.3) is 0 Å². The van der Waals surface area contributed by atoms with Gasteiger partial charge in [-0.3, -0.25) is 4.79 Å². The first-order valence-corrected chi connectivity index (χ1v) is 6.19. The van der Waals surface area contributed by atoms with E-state index in [1.165, 1.54) is 12.1 Å². The quantitative estimate of drug-likeness (QED) is 0.905. The van der Waals surface area contributed by atoms with Crippen LogP contribution < -0.4 is 10.2 Å². The second-order valence-electron chi connectivity index (χ2n) is 4.28. The molecular formula is C12H12ClF3N2O. The molecule has 1 amide bonds. The summed E-state index contributed by atoms with van der Waals surface area (Å²) in [5.41, 5.74) is 0.552. The Bertz CT molecular complexity index is 484. The lowest BCUT2D eigenvalue weighted by Crippen LogP contribution is -2.31. The minimum Gasteiger partial charge on any atom is -0.369 e. The summed E-state index contributed by atoms with van der Waals surface area (Å²) < 4.78 is 36.9. The van der Waals surface area contributed by atoms with E-state index in [1.807, 2.05) is 10.2 Å². The van der Waals surface area contributed by atoms with Gasteiger partial charge in [0.05, 0.1) is 16.4 Å². The normalized spacial score (nSPS) is 15.7. The lowest BCUT2D eigenvalue weighted by molar-refractivity contribution is -0.167. The van der Waals surface area contributed by atoms with E-state index < -0.39 is 12.1 Å². The van der Waals surface area contributed by atoms with Crippen LogP contribution in [-0.4, -0.2) is 25.2 Å². The van der Waals surface area contributed by atoms with E-state index in [0.717, 1.165) is 25.9 Å². The molecule has 0 radical (unpaired) electrons. The fourth-order valence-electron chi connectivity index (χ4n) is 2.07. The van der Waals surface area contributed by atoms with Crippen molar-refractivity contribution in [2.45, 2.75) is 19.0 Å². The molecule has 1 aromatic carbocycles. The van der Waals surface area contributed by atoms with Crippen molar-refractivity contribution in [3.63, 3.8) is 0 Å². The molecule has 2 rings (SSSR count). The molecule has 7 heteroatoms. The molecule has 1 aliphatic heterocycles. The van der Waals surface area contributed by atoms with Gasteiger partial charge >= 0.3 is 12.1 Å². The molecule has 1 N–H and O–H groups in total. The fourth-order valence-corrected chi connectivity index (χ4v) is 2.37. The van der Waals surface area contributed by atoms with E-state index in [0.29, 0.717) is 10.7 Å². The number of carbonyl (C=O) groups is 1. The van der Waals surface area contributed by atoms with Crippen LogP contribution in [0.4, 0.5) is 24.5 Å². The van der Waals surface area contributed by atoms with Crippen molar-refractivity contribution >= 4 is 28.9 Å². The van der Waals surface area contributed by atoms with Crippen LogP contribution in [-0.2, 0) is 4.79 Å². The van der Waals surface area contributed by atoms with E-state index >= 15 is 0 Å². The predicted octanol–water partition coefficient (Wildman–Crippen LogP) is 3.44. The Morgan fingerprint density at radius 2 is 1.89 bits per heavy atom. The number of benzene rings is 1. The molecule has 0 spiro atoms. The van der Waals surface area contributed by atoms with Crippen LogP contribution in [0.15, 0.2) is 18.2 Å². The predicted molar refractivity (Wildman–Crippen MR) is 67.6 cm³/mol. The third-order valence-corrected chi connectivity index (χ3v) is 3.22. The minimum absolute atomic E-state index is 0.0942. The molecule has 0 saturated carbocycles. The number of anilines is 2. The maximum Gasteiger partial charge on any atom is 0.471 e. The number of carbonyl (C=O) groups excluding carboxylic acids is 1. The van der Waals surface area contributed by atoms with Crippen LogP contribution in [0, 0.1) is 0 Å². The van der Waals surface area contributed by atoms with Gasteiger partial charge in [-0.15, -0.1) is 0 Å². The van der Waals surface area contributed by atoms with Gasteiger partial charge < -0.3 is 10.2 Å². The zero-order valence-corrected chi connectivity index (χ0v) is 10.7. The highest BCUT2D eigenvalue weighted by Crippen LogP contribution is 2.36. The lowest BCUT2D eigenvalue weighted by Gasteiger charge is -2.23. The highest BCUT2D eigenvalue weighted by atomic mass is 35.5. The van der Waals surface area contributed by atoms with E-state index in [1.54, 1.807) is 6.07 Å². The van der Waals surface area contributed by atoms with Gasteiger partial charge in [0, 0.05) is 13.1 Å². The van der Waals surface area contributed by atoms with Crippen molar-refractivity contribution in [2.24, 2.45) is 0 Å². The average Bonchev–Trinajstić information content (AvgIpc) is 2.81. The van der Waals surface area contributed by atoms with Crippen molar-refractivity contribution in [3.05, 3.63) is 23.2 Å². The summed E-state index contributed by atoms with van der Waals surface area (Å²) in [5, 5.41) is 2.21. The largest absolute Gasteiger partial charge is 0.471 e. The Balaban J connectivity index is 2.30. The molecule has 1 aromatic rings. The van der Waals surface area contributed by atoms with Gasteiger partial charge in [-0.2, -0.15) is 13.2 Å². The van der Waals surface area contributed by atoms with E-state index in [2.05, 4.69) is 0 Å². The van der Waals surface area contributed by atoms with E-state index in [4.69, 9.17) is 11.6 Å². The number of rotatable bonds is 2. The Morgan fingerprint density at radius 3 is 2.47 bits per heavy atom. The first-order chi connectivity index (χ1) is 8.89. The summed E-state index contributed by atoms with van der Waals surface area (Å²) in [7, 11) is 0. The van der Waals surface area contributed by atoms with Crippen molar-refractivity contribution in [1.82, 2.24) is 0 Å². The standard InChI is InChI=1S/C12H12ClF3N2O/c13-8-4-3-5-9(17-11(19)12(14,15)16)10(8)18-6-1-2-7-18/h3-5H,1-2,6-7H2,(H,17,19). The Labute approximate surface area is 113 Å². The second-order valence-corrected chi connectivity index (χ2v) is 4.69. The highest BCUT2D eigenvalue weighted by molar-refractivity contribution is 6.34. The monoisotopic (exact) mass is 292 g/mol. The number of hydrogen-bond donors (Lipinski definition) is 1.